The molecular formula is C12H16Cl2N6O. The molecule has 1 unspecified atom stereocenters. The maximum Gasteiger partial charge on any atom is 0.238 e. The monoisotopic (exact) mass is 330 g/mol. The van der Waals surface area contributed by atoms with Crippen LogP contribution >= 0.6 is 23.4 Å². The molecule has 1 saturated heterocycles. The quantitative estimate of drug-likeness (QED) is 0.243. The Kier molecular flexibility index (Phi) is 5.24. The summed E-state index contributed by atoms with van der Waals surface area (Å²) in [4.78, 5) is 11.9. The molecule has 1 aliphatic heterocycles. The maximum absolute atomic E-state index is 11.9. The minimum Gasteiger partial charge on any atom is -0.351 e. The van der Waals surface area contributed by atoms with Gasteiger partial charge in [0.05, 0.1) is 5.69 Å². The summed E-state index contributed by atoms with van der Waals surface area (Å²) >= 11 is 11.8. The van der Waals surface area contributed by atoms with Crippen LogP contribution in [0.1, 0.15) is 12.0 Å². The van der Waals surface area contributed by atoms with Crippen molar-refractivity contribution >= 4 is 41.3 Å². The van der Waals surface area contributed by atoms with Crippen LogP contribution in [0.15, 0.2) is 23.3 Å². The Morgan fingerprint density at radius 3 is 2.95 bits per heavy atom. The van der Waals surface area contributed by atoms with Crippen LogP contribution in [0.4, 0.5) is 5.69 Å². The molecule has 1 amide bonds. The second kappa shape index (κ2) is 6.95. The third kappa shape index (κ3) is 3.76. The number of anilines is 1. The van der Waals surface area contributed by atoms with Gasteiger partial charge in [-0.25, -0.2) is 10.3 Å². The molecule has 1 heterocycles. The van der Waals surface area contributed by atoms with E-state index in [-0.39, 0.29) is 18.5 Å². The molecule has 0 aromatic heterocycles. The van der Waals surface area contributed by atoms with E-state index in [2.05, 4.69) is 10.4 Å². The zero-order valence-electron chi connectivity index (χ0n) is 11.2. The number of hydrazone groups is 1. The van der Waals surface area contributed by atoms with Crippen molar-refractivity contribution in [3.63, 3.8) is 0 Å². The first kappa shape index (κ1) is 15.8. The average Bonchev–Trinajstić information content (AvgIpc) is 2.43. The first-order chi connectivity index (χ1) is 10.0. The van der Waals surface area contributed by atoms with Crippen molar-refractivity contribution in [2.75, 3.05) is 11.6 Å². The summed E-state index contributed by atoms with van der Waals surface area (Å²) in [6.45, 7) is 0.994. The van der Waals surface area contributed by atoms with Crippen LogP contribution in [0, 0.1) is 0 Å². The van der Waals surface area contributed by atoms with Gasteiger partial charge < -0.3 is 11.2 Å². The van der Waals surface area contributed by atoms with Crippen LogP contribution in [-0.2, 0) is 11.3 Å². The molecule has 1 aromatic rings. The van der Waals surface area contributed by atoms with Gasteiger partial charge in [0.1, 0.15) is 12.4 Å². The zero-order valence-corrected chi connectivity index (χ0v) is 12.7. The molecule has 5 N–H and O–H groups in total. The minimum atomic E-state index is -0.283. The molecule has 21 heavy (non-hydrogen) atoms. The fraction of sp³-hybridized carbons (Fsp3) is 0.333. The summed E-state index contributed by atoms with van der Waals surface area (Å²) in [6.07, 6.45) is 2.02. The molecule has 9 heteroatoms. The van der Waals surface area contributed by atoms with Crippen molar-refractivity contribution in [1.29, 1.82) is 0 Å². The van der Waals surface area contributed by atoms with E-state index >= 15 is 0 Å². The molecule has 0 aliphatic carbocycles. The molecule has 1 atom stereocenters. The predicted molar refractivity (Wildman–Crippen MR) is 83.6 cm³/mol. The van der Waals surface area contributed by atoms with Crippen molar-refractivity contribution in [3.8, 4) is 0 Å². The number of hydrazine groups is 1. The summed E-state index contributed by atoms with van der Waals surface area (Å²) in [5.74, 6) is 10.8. The van der Waals surface area contributed by atoms with Gasteiger partial charge in [-0.15, -0.1) is 0 Å². The number of nitrogens with two attached hydrogens (primary N) is 2. The molecule has 114 valence electrons. The van der Waals surface area contributed by atoms with Crippen molar-refractivity contribution in [2.24, 2.45) is 16.8 Å². The Balaban J connectivity index is 2.07. The first-order valence-electron chi connectivity index (χ1n) is 6.29. The number of nitrogens with one attached hydrogen (secondary N) is 1. The van der Waals surface area contributed by atoms with E-state index in [0.29, 0.717) is 17.3 Å². The number of benzene rings is 1. The normalized spacial score (nSPS) is 18.5. The van der Waals surface area contributed by atoms with Gasteiger partial charge in [-0.05, 0) is 42.0 Å². The number of carbonyl (C=O) groups excluding carboxylic acids is 1. The number of amides is 1. The molecule has 7 nitrogen and oxygen atoms in total. The predicted octanol–water partition coefficient (Wildman–Crippen LogP) is 0.766. The average molecular weight is 331 g/mol. The number of hydrogen-bond donors (Lipinski definition) is 3. The highest BCUT2D eigenvalue weighted by Gasteiger charge is 2.32. The van der Waals surface area contributed by atoms with E-state index in [1.54, 1.807) is 18.2 Å². The van der Waals surface area contributed by atoms with Gasteiger partial charge in [0.2, 0.25) is 5.91 Å². The number of rotatable bonds is 5. The summed E-state index contributed by atoms with van der Waals surface area (Å²) < 4.78 is 1.48. The van der Waals surface area contributed by atoms with Crippen molar-refractivity contribution in [3.05, 3.63) is 28.8 Å². The lowest BCUT2D eigenvalue weighted by Crippen LogP contribution is -2.51. The van der Waals surface area contributed by atoms with E-state index in [9.17, 15) is 4.79 Å². The second-order valence-electron chi connectivity index (χ2n) is 4.59. The van der Waals surface area contributed by atoms with Gasteiger partial charge in [0.25, 0.3) is 0 Å². The molecule has 0 saturated carbocycles. The van der Waals surface area contributed by atoms with Gasteiger partial charge in [-0.2, -0.15) is 5.10 Å². The van der Waals surface area contributed by atoms with E-state index < -0.39 is 0 Å². The fourth-order valence-electron chi connectivity index (χ4n) is 2.00. The van der Waals surface area contributed by atoms with Gasteiger partial charge in [-0.1, -0.05) is 11.6 Å². The Hall–Kier alpha value is -1.54. The van der Waals surface area contributed by atoms with Gasteiger partial charge in [-0.3, -0.25) is 9.80 Å². The molecule has 1 aromatic carbocycles. The SMILES string of the molecule is N/N=C\N(N)c1ccc(Cl)cc1CNC(=O)C1CCN1Cl. The molecule has 1 fully saturated rings. The largest absolute Gasteiger partial charge is 0.351 e. The molecule has 0 bridgehead atoms. The smallest absolute Gasteiger partial charge is 0.238 e. The fourth-order valence-corrected chi connectivity index (χ4v) is 2.47. The van der Waals surface area contributed by atoms with Crippen LogP contribution in [0.2, 0.25) is 5.02 Å². The van der Waals surface area contributed by atoms with E-state index in [1.807, 2.05) is 0 Å². The number of halogens is 2. The number of hydrogen-bond acceptors (Lipinski definition) is 5. The van der Waals surface area contributed by atoms with E-state index in [1.165, 1.54) is 15.8 Å². The molecule has 0 radical (unpaired) electrons. The van der Waals surface area contributed by atoms with Crippen LogP contribution in [0.5, 0.6) is 0 Å². The Morgan fingerprint density at radius 2 is 2.38 bits per heavy atom. The van der Waals surface area contributed by atoms with Gasteiger partial charge in [0.15, 0.2) is 0 Å². The third-order valence-electron chi connectivity index (χ3n) is 3.22. The van der Waals surface area contributed by atoms with Crippen LogP contribution in [0.3, 0.4) is 0 Å². The second-order valence-corrected chi connectivity index (χ2v) is 5.46. The summed E-state index contributed by atoms with van der Waals surface area (Å²) in [6, 6.07) is 4.86. The number of nitrogens with zero attached hydrogens (tertiary/aromatic N) is 3. The van der Waals surface area contributed by atoms with Crippen LogP contribution in [-0.4, -0.2) is 29.3 Å². The van der Waals surface area contributed by atoms with Crippen molar-refractivity contribution in [2.45, 2.75) is 19.0 Å². The highest BCUT2D eigenvalue weighted by Crippen LogP contribution is 2.23. The van der Waals surface area contributed by atoms with Crippen molar-refractivity contribution < 1.29 is 4.79 Å². The van der Waals surface area contributed by atoms with Gasteiger partial charge in [0, 0.05) is 18.1 Å². The van der Waals surface area contributed by atoms with E-state index in [4.69, 9.17) is 35.1 Å². The van der Waals surface area contributed by atoms with Gasteiger partial charge >= 0.3 is 0 Å². The van der Waals surface area contributed by atoms with Crippen LogP contribution in [0.25, 0.3) is 0 Å². The molecule has 0 spiro atoms. The molecule has 1 aliphatic rings. The summed E-state index contributed by atoms with van der Waals surface area (Å²) in [5.41, 5.74) is 1.39. The lowest BCUT2D eigenvalue weighted by Gasteiger charge is -2.33. The number of carbonyl (C=O) groups is 1. The lowest BCUT2D eigenvalue weighted by atomic mass is 10.1. The van der Waals surface area contributed by atoms with Crippen molar-refractivity contribution in [1.82, 2.24) is 9.74 Å². The highest BCUT2D eigenvalue weighted by molar-refractivity contribution is 6.30. The minimum absolute atomic E-state index is 0.127. The summed E-state index contributed by atoms with van der Waals surface area (Å²) in [7, 11) is 0. The first-order valence-corrected chi connectivity index (χ1v) is 7.00. The highest BCUT2D eigenvalue weighted by atomic mass is 35.5. The lowest BCUT2D eigenvalue weighted by molar-refractivity contribution is -0.127. The Labute approximate surface area is 132 Å². The topological polar surface area (TPSA) is 100.0 Å². The third-order valence-corrected chi connectivity index (χ3v) is 3.86. The maximum atomic E-state index is 11.9. The van der Waals surface area contributed by atoms with E-state index in [0.717, 1.165) is 12.0 Å². The zero-order chi connectivity index (χ0) is 15.4. The summed E-state index contributed by atoms with van der Waals surface area (Å²) in [5, 5.41) is 7.98. The Morgan fingerprint density at radius 1 is 1.62 bits per heavy atom. The standard InChI is InChI=1S/C12H16Cl2N6O/c13-9-1-2-10(20(16)7-18-15)8(5-9)6-17-12(21)11-3-4-19(11)14/h1-2,5,7,11H,3-4,6,15-16H2,(H,17,21)/b18-7-. The Bertz CT molecular complexity index is 553. The molecule has 2 rings (SSSR count). The van der Waals surface area contributed by atoms with Crippen LogP contribution < -0.4 is 22.0 Å². The molecular weight excluding hydrogens is 315 g/mol.